The van der Waals surface area contributed by atoms with Gasteiger partial charge in [0.1, 0.15) is 11.4 Å². The fraction of sp³-hybridized carbons (Fsp3) is 0.154. The van der Waals surface area contributed by atoms with Crippen LogP contribution in [0, 0.1) is 6.92 Å². The molecule has 0 unspecified atom stereocenters. The monoisotopic (exact) mass is 442 g/mol. The molecular formula is C26H22N2O5. The number of aryl methyl sites for hydroxylation is 1. The first-order valence-electron chi connectivity index (χ1n) is 10.5. The second kappa shape index (κ2) is 8.35. The second-order valence-corrected chi connectivity index (χ2v) is 7.86. The fourth-order valence-corrected chi connectivity index (χ4v) is 3.89. The molecule has 0 aliphatic carbocycles. The Hall–Kier alpha value is -4.26. The number of fused-ring (bicyclic) bond motifs is 1. The Kier molecular flexibility index (Phi) is 5.22. The minimum atomic E-state index is -0.393. The van der Waals surface area contributed by atoms with E-state index in [1.54, 1.807) is 25.3 Å². The van der Waals surface area contributed by atoms with E-state index in [0.29, 0.717) is 34.1 Å². The van der Waals surface area contributed by atoms with Gasteiger partial charge in [0, 0.05) is 11.8 Å². The molecule has 33 heavy (non-hydrogen) atoms. The fourth-order valence-electron chi connectivity index (χ4n) is 3.89. The van der Waals surface area contributed by atoms with Crippen molar-refractivity contribution in [2.45, 2.75) is 13.5 Å². The predicted octanol–water partition coefficient (Wildman–Crippen LogP) is 4.12. The molecule has 3 aromatic carbocycles. The van der Waals surface area contributed by atoms with Crippen LogP contribution in [0.2, 0.25) is 0 Å². The number of carbonyl (C=O) groups excluding carboxylic acids is 2. The molecule has 0 bridgehead atoms. The van der Waals surface area contributed by atoms with Crippen LogP contribution in [-0.4, -0.2) is 30.6 Å². The van der Waals surface area contributed by atoms with Crippen molar-refractivity contribution >= 4 is 23.1 Å². The van der Waals surface area contributed by atoms with Crippen molar-refractivity contribution in [2.24, 2.45) is 0 Å². The minimum Gasteiger partial charge on any atom is -0.497 e. The molecule has 0 spiro atoms. The summed E-state index contributed by atoms with van der Waals surface area (Å²) in [6.45, 7) is 2.25. The van der Waals surface area contributed by atoms with E-state index in [9.17, 15) is 9.59 Å². The maximum atomic E-state index is 13.5. The van der Waals surface area contributed by atoms with Gasteiger partial charge in [0.2, 0.25) is 6.79 Å². The molecule has 7 nitrogen and oxygen atoms in total. The highest BCUT2D eigenvalue weighted by Gasteiger charge is 2.39. The highest BCUT2D eigenvalue weighted by molar-refractivity contribution is 6.36. The summed E-state index contributed by atoms with van der Waals surface area (Å²) in [5.41, 5.74) is 3.74. The minimum absolute atomic E-state index is 0.118. The lowest BCUT2D eigenvalue weighted by Crippen LogP contribution is -2.32. The lowest BCUT2D eigenvalue weighted by atomic mass is 10.0. The van der Waals surface area contributed by atoms with E-state index in [0.717, 1.165) is 11.1 Å². The van der Waals surface area contributed by atoms with Crippen LogP contribution in [0.1, 0.15) is 16.7 Å². The van der Waals surface area contributed by atoms with E-state index >= 15 is 0 Å². The van der Waals surface area contributed by atoms with Crippen LogP contribution in [0.4, 0.5) is 5.69 Å². The summed E-state index contributed by atoms with van der Waals surface area (Å²) in [5.74, 6) is 1.15. The Labute approximate surface area is 191 Å². The van der Waals surface area contributed by atoms with E-state index in [1.165, 1.54) is 4.90 Å². The van der Waals surface area contributed by atoms with Gasteiger partial charge in [0.05, 0.1) is 19.2 Å². The first-order chi connectivity index (χ1) is 16.0. The molecule has 0 aromatic heterocycles. The van der Waals surface area contributed by atoms with Gasteiger partial charge in [0.25, 0.3) is 11.8 Å². The lowest BCUT2D eigenvalue weighted by molar-refractivity contribution is -0.137. The smallest absolute Gasteiger partial charge is 0.278 e. The molecule has 1 N–H and O–H groups in total. The average Bonchev–Trinajstić information content (AvgIpc) is 3.38. The summed E-state index contributed by atoms with van der Waals surface area (Å²) >= 11 is 0. The van der Waals surface area contributed by atoms with Crippen molar-refractivity contribution in [1.29, 1.82) is 0 Å². The van der Waals surface area contributed by atoms with Crippen molar-refractivity contribution in [3.05, 3.63) is 89.1 Å². The average molecular weight is 442 g/mol. The zero-order valence-electron chi connectivity index (χ0n) is 18.3. The van der Waals surface area contributed by atoms with Crippen LogP contribution in [0.5, 0.6) is 17.2 Å². The highest BCUT2D eigenvalue weighted by Crippen LogP contribution is 2.35. The van der Waals surface area contributed by atoms with Gasteiger partial charge in [-0.05, 0) is 42.3 Å². The lowest BCUT2D eigenvalue weighted by Gasteiger charge is -2.16. The molecule has 2 heterocycles. The van der Waals surface area contributed by atoms with Crippen LogP contribution in [0.15, 0.2) is 72.4 Å². The van der Waals surface area contributed by atoms with Crippen molar-refractivity contribution in [3.63, 3.8) is 0 Å². The number of hydrogen-bond acceptors (Lipinski definition) is 6. The van der Waals surface area contributed by atoms with Gasteiger partial charge in [-0.25, -0.2) is 0 Å². The normalized spacial score (nSPS) is 14.8. The number of hydrogen-bond donors (Lipinski definition) is 1. The maximum absolute atomic E-state index is 13.5. The summed E-state index contributed by atoms with van der Waals surface area (Å²) in [7, 11) is 1.58. The molecule has 2 aliphatic heterocycles. The van der Waals surface area contributed by atoms with E-state index in [2.05, 4.69) is 5.32 Å². The number of amides is 2. The molecule has 0 saturated heterocycles. The Morgan fingerprint density at radius 1 is 0.939 bits per heavy atom. The van der Waals surface area contributed by atoms with E-state index in [4.69, 9.17) is 14.2 Å². The van der Waals surface area contributed by atoms with Gasteiger partial charge in [-0.1, -0.05) is 42.0 Å². The molecule has 3 aromatic rings. The standard InChI is InChI=1S/C26H22N2O5/c1-16-6-9-18(10-7-16)23-24(27-19-4-3-5-20(13-19)31-2)26(30)28(25(23)29)14-17-8-11-21-22(12-17)33-15-32-21/h3-13,27H,14-15H2,1-2H3. The third-order valence-electron chi connectivity index (χ3n) is 5.63. The maximum Gasteiger partial charge on any atom is 0.278 e. The molecule has 7 heteroatoms. The number of ether oxygens (including phenoxy) is 3. The first kappa shape index (κ1) is 20.6. The number of carbonyl (C=O) groups is 2. The van der Waals surface area contributed by atoms with Gasteiger partial charge in [-0.3, -0.25) is 14.5 Å². The molecule has 2 amide bonds. The molecule has 0 atom stereocenters. The van der Waals surface area contributed by atoms with Crippen LogP contribution in [-0.2, 0) is 16.1 Å². The van der Waals surface area contributed by atoms with Crippen LogP contribution < -0.4 is 19.5 Å². The summed E-state index contributed by atoms with van der Waals surface area (Å²) in [5, 5.41) is 3.16. The second-order valence-electron chi connectivity index (χ2n) is 7.86. The van der Waals surface area contributed by atoms with E-state index in [-0.39, 0.29) is 24.9 Å². The number of rotatable bonds is 6. The van der Waals surface area contributed by atoms with Crippen LogP contribution in [0.3, 0.4) is 0 Å². The number of nitrogens with one attached hydrogen (secondary N) is 1. The predicted molar refractivity (Wildman–Crippen MR) is 123 cm³/mol. The van der Waals surface area contributed by atoms with Crippen molar-refractivity contribution < 1.29 is 23.8 Å². The summed E-state index contributed by atoms with van der Waals surface area (Å²) < 4.78 is 16.1. The Morgan fingerprint density at radius 2 is 1.73 bits per heavy atom. The summed E-state index contributed by atoms with van der Waals surface area (Å²) in [6, 6.07) is 20.2. The molecule has 5 rings (SSSR count). The van der Waals surface area contributed by atoms with Crippen molar-refractivity contribution in [1.82, 2.24) is 4.90 Å². The molecule has 166 valence electrons. The van der Waals surface area contributed by atoms with Gasteiger partial charge in [-0.2, -0.15) is 0 Å². The first-order valence-corrected chi connectivity index (χ1v) is 10.5. The van der Waals surface area contributed by atoms with Crippen LogP contribution >= 0.6 is 0 Å². The van der Waals surface area contributed by atoms with Crippen molar-refractivity contribution in [3.8, 4) is 17.2 Å². The molecule has 0 radical (unpaired) electrons. The number of methoxy groups -OCH3 is 1. The highest BCUT2D eigenvalue weighted by atomic mass is 16.7. The third kappa shape index (κ3) is 3.89. The third-order valence-corrected chi connectivity index (χ3v) is 5.63. The quantitative estimate of drug-likeness (QED) is 0.579. The van der Waals surface area contributed by atoms with Gasteiger partial charge in [-0.15, -0.1) is 0 Å². The van der Waals surface area contributed by atoms with Crippen LogP contribution in [0.25, 0.3) is 5.57 Å². The number of nitrogens with zero attached hydrogens (tertiary/aromatic N) is 1. The van der Waals surface area contributed by atoms with Gasteiger partial charge in [0.15, 0.2) is 11.5 Å². The number of benzene rings is 3. The number of imide groups is 1. The molecule has 0 fully saturated rings. The largest absolute Gasteiger partial charge is 0.497 e. The van der Waals surface area contributed by atoms with Gasteiger partial charge < -0.3 is 19.5 Å². The molecular weight excluding hydrogens is 420 g/mol. The SMILES string of the molecule is COc1cccc(NC2=C(c3ccc(C)cc3)C(=O)N(Cc3ccc4c(c3)OCO4)C2=O)c1. The Balaban J connectivity index is 1.51. The zero-order valence-corrected chi connectivity index (χ0v) is 18.3. The number of anilines is 1. The van der Waals surface area contributed by atoms with Crippen molar-refractivity contribution in [2.75, 3.05) is 19.2 Å². The van der Waals surface area contributed by atoms with E-state index in [1.807, 2.05) is 55.5 Å². The molecule has 0 saturated carbocycles. The van der Waals surface area contributed by atoms with Gasteiger partial charge >= 0.3 is 0 Å². The molecule has 2 aliphatic rings. The Morgan fingerprint density at radius 3 is 2.52 bits per heavy atom. The zero-order chi connectivity index (χ0) is 22.9. The topological polar surface area (TPSA) is 77.1 Å². The van der Waals surface area contributed by atoms with E-state index < -0.39 is 5.91 Å². The Bertz CT molecular complexity index is 1280. The summed E-state index contributed by atoms with van der Waals surface area (Å²) in [4.78, 5) is 28.2. The summed E-state index contributed by atoms with van der Waals surface area (Å²) in [6.07, 6.45) is 0.